The summed E-state index contributed by atoms with van der Waals surface area (Å²) in [5.74, 6) is -0.605. The van der Waals surface area contributed by atoms with Crippen molar-refractivity contribution in [3.63, 3.8) is 0 Å². The Hall–Kier alpha value is -1.48. The van der Waals surface area contributed by atoms with Gasteiger partial charge in [0.2, 0.25) is 5.91 Å². The number of aliphatic hydroxyl groups excluding tert-OH is 7. The maximum Gasteiger partial charge on any atom is 0.472 e. The van der Waals surface area contributed by atoms with Crippen LogP contribution in [-0.4, -0.2) is 108 Å². The highest BCUT2D eigenvalue weighted by molar-refractivity contribution is 7.47. The summed E-state index contributed by atoms with van der Waals surface area (Å²) in [5.41, 5.74) is 0. The third-order valence-corrected chi connectivity index (χ3v) is 12.9. The summed E-state index contributed by atoms with van der Waals surface area (Å²) in [4.78, 5) is 23.5. The normalized spacial score (nSPS) is 23.1. The van der Waals surface area contributed by atoms with Crippen LogP contribution in [0.4, 0.5) is 0 Å². The predicted octanol–water partition coefficient (Wildman–Crippen LogP) is 8.92. The van der Waals surface area contributed by atoms with Crippen molar-refractivity contribution in [2.75, 3.05) is 6.61 Å². The van der Waals surface area contributed by atoms with Gasteiger partial charge in [-0.25, -0.2) is 4.57 Å². The van der Waals surface area contributed by atoms with Gasteiger partial charge in [0.05, 0.1) is 31.3 Å². The summed E-state index contributed by atoms with van der Waals surface area (Å²) in [6, 6.07) is -1.26. The summed E-state index contributed by atoms with van der Waals surface area (Å²) >= 11 is 0. The fraction of sp³-hybridized carbons (Fsp3) is 0.857. The zero-order chi connectivity index (χ0) is 46.6. The summed E-state index contributed by atoms with van der Waals surface area (Å²) < 4.78 is 22.9. The molecule has 1 aliphatic carbocycles. The Bertz CT molecular complexity index is 1220. The first-order valence-corrected chi connectivity index (χ1v) is 26.5. The molecule has 63 heavy (non-hydrogen) atoms. The van der Waals surface area contributed by atoms with Crippen LogP contribution < -0.4 is 5.32 Å². The second kappa shape index (κ2) is 38.6. The molecule has 1 fully saturated rings. The number of aliphatic hydroxyl groups is 7. The fourth-order valence-corrected chi connectivity index (χ4v) is 8.83. The lowest BCUT2D eigenvalue weighted by Crippen LogP contribution is -2.64. The van der Waals surface area contributed by atoms with Crippen LogP contribution >= 0.6 is 7.82 Å². The smallest absolute Gasteiger partial charge is 0.393 e. The van der Waals surface area contributed by atoms with Gasteiger partial charge in [0.25, 0.3) is 0 Å². The Morgan fingerprint density at radius 1 is 0.556 bits per heavy atom. The molecule has 9 N–H and O–H groups in total. The van der Waals surface area contributed by atoms with Crippen LogP contribution in [0, 0.1) is 0 Å². The maximum absolute atomic E-state index is 13.0. The monoisotopic (exact) mass is 918 g/mol. The molecule has 0 aromatic heterocycles. The first-order chi connectivity index (χ1) is 30.3. The Kier molecular flexibility index (Phi) is 36.5. The van der Waals surface area contributed by atoms with Crippen LogP contribution in [-0.2, 0) is 18.4 Å². The number of carbonyl (C=O) groups excluding carboxylic acids is 1. The van der Waals surface area contributed by atoms with Crippen LogP contribution in [0.1, 0.15) is 206 Å². The Morgan fingerprint density at radius 3 is 1.40 bits per heavy atom. The molecule has 370 valence electrons. The Morgan fingerprint density at radius 2 is 0.937 bits per heavy atom. The number of carbonyl (C=O) groups is 1. The Balaban J connectivity index is 2.53. The lowest BCUT2D eigenvalue weighted by Gasteiger charge is -2.41. The van der Waals surface area contributed by atoms with Crippen LogP contribution in [0.3, 0.4) is 0 Å². The van der Waals surface area contributed by atoms with E-state index >= 15 is 0 Å². The van der Waals surface area contributed by atoms with E-state index in [4.69, 9.17) is 9.05 Å². The molecule has 0 aliphatic heterocycles. The van der Waals surface area contributed by atoms with Gasteiger partial charge in [-0.15, -0.1) is 0 Å². The molecule has 8 unspecified atom stereocenters. The van der Waals surface area contributed by atoms with E-state index in [1.165, 1.54) is 128 Å². The standard InChI is InChI=1S/C49H92NO12P/c1-3-5-7-9-11-13-15-17-19-21-22-24-26-28-30-32-34-36-40(51)38-43(53)50-41(39-61-63(59,60)62-49-47(57)45(55)44(54)46(56)48(49)58)42(52)37-35-33-31-29-27-25-23-20-18-16-14-12-10-8-6-4-2/h18,20,27,29,35,37,40-42,44-49,51-52,54-58H,3-17,19,21-26,28,30-34,36,38-39H2,1-2H3,(H,50,53)(H,59,60)/b20-18+,29-27+,37-35+. The molecule has 8 atom stereocenters. The minimum Gasteiger partial charge on any atom is -0.393 e. The fourth-order valence-electron chi connectivity index (χ4n) is 7.86. The van der Waals surface area contributed by atoms with Gasteiger partial charge < -0.3 is 46.0 Å². The van der Waals surface area contributed by atoms with E-state index in [0.717, 1.165) is 44.9 Å². The number of hydrogen-bond donors (Lipinski definition) is 9. The second-order valence-corrected chi connectivity index (χ2v) is 19.2. The maximum atomic E-state index is 13.0. The van der Waals surface area contributed by atoms with Crippen molar-refractivity contribution >= 4 is 13.7 Å². The van der Waals surface area contributed by atoms with Crippen molar-refractivity contribution in [3.05, 3.63) is 36.5 Å². The van der Waals surface area contributed by atoms with Crippen molar-refractivity contribution in [2.45, 2.75) is 261 Å². The number of phosphoric acid groups is 1. The summed E-state index contributed by atoms with van der Waals surface area (Å²) in [5, 5.41) is 74.5. The molecule has 1 aliphatic rings. The molecule has 1 saturated carbocycles. The predicted molar refractivity (Wildman–Crippen MR) is 252 cm³/mol. The number of hydrogen-bond acceptors (Lipinski definition) is 11. The molecule has 0 aromatic rings. The lowest BCUT2D eigenvalue weighted by atomic mass is 9.85. The number of amides is 1. The highest BCUT2D eigenvalue weighted by Crippen LogP contribution is 2.47. The van der Waals surface area contributed by atoms with Gasteiger partial charge >= 0.3 is 7.82 Å². The van der Waals surface area contributed by atoms with Crippen LogP contribution in [0.25, 0.3) is 0 Å². The molecule has 1 rings (SSSR count). The third kappa shape index (κ3) is 30.4. The molecule has 0 radical (unpaired) electrons. The van der Waals surface area contributed by atoms with E-state index in [9.17, 15) is 50.0 Å². The van der Waals surface area contributed by atoms with Crippen molar-refractivity contribution in [3.8, 4) is 0 Å². The van der Waals surface area contributed by atoms with E-state index in [2.05, 4.69) is 43.5 Å². The minimum atomic E-state index is -5.15. The molecular formula is C49H92NO12P. The van der Waals surface area contributed by atoms with Crippen molar-refractivity contribution in [1.82, 2.24) is 5.32 Å². The molecule has 0 aromatic carbocycles. The van der Waals surface area contributed by atoms with Gasteiger partial charge in [-0.1, -0.05) is 192 Å². The van der Waals surface area contributed by atoms with Gasteiger partial charge in [-0.2, -0.15) is 0 Å². The molecule has 0 saturated heterocycles. The van der Waals surface area contributed by atoms with Crippen LogP contribution in [0.15, 0.2) is 36.5 Å². The molecule has 14 heteroatoms. The van der Waals surface area contributed by atoms with E-state index in [1.807, 2.05) is 0 Å². The summed E-state index contributed by atoms with van der Waals surface area (Å²) in [7, 11) is -5.15. The zero-order valence-electron chi connectivity index (χ0n) is 39.2. The molecule has 0 spiro atoms. The summed E-state index contributed by atoms with van der Waals surface area (Å²) in [6.07, 6.45) is 30.9. The molecule has 0 bridgehead atoms. The van der Waals surface area contributed by atoms with Crippen molar-refractivity contribution in [1.29, 1.82) is 0 Å². The van der Waals surface area contributed by atoms with Crippen molar-refractivity contribution < 1.29 is 59.0 Å². The molecular weight excluding hydrogens is 826 g/mol. The quantitative estimate of drug-likeness (QED) is 0.0159. The zero-order valence-corrected chi connectivity index (χ0v) is 40.1. The van der Waals surface area contributed by atoms with Crippen LogP contribution in [0.5, 0.6) is 0 Å². The van der Waals surface area contributed by atoms with Gasteiger partial charge in [0.15, 0.2) is 0 Å². The first kappa shape index (κ1) is 59.5. The minimum absolute atomic E-state index is 0.253. The highest BCUT2D eigenvalue weighted by Gasteiger charge is 2.51. The Labute approximate surface area is 381 Å². The number of unbranched alkanes of at least 4 members (excludes halogenated alkanes) is 24. The topological polar surface area (TPSA) is 226 Å². The lowest BCUT2D eigenvalue weighted by molar-refractivity contribution is -0.220. The average Bonchev–Trinajstić information content (AvgIpc) is 3.26. The van der Waals surface area contributed by atoms with Gasteiger partial charge in [0, 0.05) is 0 Å². The van der Waals surface area contributed by atoms with Crippen molar-refractivity contribution in [2.24, 2.45) is 0 Å². The number of rotatable bonds is 41. The molecule has 0 heterocycles. The SMILES string of the molecule is CCCCCCCC/C=C/CC/C=C/CC/C=C/C(O)C(COP(=O)(O)OC1C(O)C(O)C(O)C(O)C1O)NC(=O)CC(O)CCCCCCCCCCCCCCCCCCC. The largest absolute Gasteiger partial charge is 0.472 e. The van der Waals surface area contributed by atoms with E-state index in [-0.39, 0.29) is 6.42 Å². The van der Waals surface area contributed by atoms with Gasteiger partial charge in [-0.3, -0.25) is 13.8 Å². The van der Waals surface area contributed by atoms with E-state index in [1.54, 1.807) is 6.08 Å². The van der Waals surface area contributed by atoms with E-state index < -0.39 is 75.2 Å². The average molecular weight is 918 g/mol. The van der Waals surface area contributed by atoms with Crippen LogP contribution in [0.2, 0.25) is 0 Å². The molecule has 13 nitrogen and oxygen atoms in total. The van der Waals surface area contributed by atoms with Gasteiger partial charge in [-0.05, 0) is 44.9 Å². The van der Waals surface area contributed by atoms with E-state index in [0.29, 0.717) is 19.3 Å². The highest BCUT2D eigenvalue weighted by atomic mass is 31.2. The number of allylic oxidation sites excluding steroid dienone is 5. The number of phosphoric ester groups is 1. The summed E-state index contributed by atoms with van der Waals surface area (Å²) in [6.45, 7) is 3.73. The molecule has 1 amide bonds. The third-order valence-electron chi connectivity index (χ3n) is 12.0. The van der Waals surface area contributed by atoms with Gasteiger partial charge in [0.1, 0.15) is 36.6 Å². The second-order valence-electron chi connectivity index (χ2n) is 17.8. The first-order valence-electron chi connectivity index (χ1n) is 25.0. The number of nitrogens with one attached hydrogen (secondary N) is 1.